The molecule has 1 aliphatic heterocycles. The summed E-state index contributed by atoms with van der Waals surface area (Å²) < 4.78 is 10.5. The molecule has 106 valence electrons. The maximum atomic E-state index is 12.0. The average molecular weight is 294 g/mol. The van der Waals surface area contributed by atoms with E-state index in [0.717, 1.165) is 19.3 Å². The Morgan fingerprint density at radius 2 is 1.50 bits per heavy atom. The summed E-state index contributed by atoms with van der Waals surface area (Å²) in [5.41, 5.74) is 0.963. The lowest BCUT2D eigenvalue weighted by Gasteiger charge is -2.13. The van der Waals surface area contributed by atoms with Crippen LogP contribution in [0.3, 0.4) is 0 Å². The number of carbonyl (C=O) groups is 2. The summed E-state index contributed by atoms with van der Waals surface area (Å²) in [6.07, 6.45) is 3.44. The molecule has 0 fully saturated rings. The minimum atomic E-state index is -2.04. The van der Waals surface area contributed by atoms with E-state index in [1.54, 1.807) is 24.3 Å². The van der Waals surface area contributed by atoms with Crippen molar-refractivity contribution in [2.75, 3.05) is 12.7 Å². The van der Waals surface area contributed by atoms with Gasteiger partial charge in [0, 0.05) is 6.54 Å². The van der Waals surface area contributed by atoms with Crippen molar-refractivity contribution in [3.63, 3.8) is 0 Å². The molecule has 1 unspecified atom stereocenters. The third-order valence-electron chi connectivity index (χ3n) is 3.36. The van der Waals surface area contributed by atoms with E-state index in [1.165, 1.54) is 4.90 Å². The summed E-state index contributed by atoms with van der Waals surface area (Å²) in [5, 5.41) is 0. The first kappa shape index (κ1) is 14.8. The van der Waals surface area contributed by atoms with Crippen molar-refractivity contribution in [2.24, 2.45) is 0 Å². The van der Waals surface area contributed by atoms with Crippen LogP contribution < -0.4 is 0 Å². The number of imide groups is 1. The van der Waals surface area contributed by atoms with Gasteiger partial charge in [0.25, 0.3) is 11.8 Å². The fraction of sp³-hybridized carbons (Fsp3) is 0.429. The lowest BCUT2D eigenvalue weighted by molar-refractivity contribution is 0.0651. The molecule has 5 nitrogen and oxygen atoms in total. The quantitative estimate of drug-likeness (QED) is 0.476. The topological polar surface area (TPSA) is 74.7 Å². The number of unbranched alkanes of at least 4 members (excludes halogenated alkanes) is 3. The zero-order valence-corrected chi connectivity index (χ0v) is 12.0. The zero-order chi connectivity index (χ0) is 14.5. The highest BCUT2D eigenvalue weighted by atomic mass is 31.1. The van der Waals surface area contributed by atoms with Crippen molar-refractivity contribution >= 4 is 19.8 Å². The Balaban J connectivity index is 1.79. The Hall–Kier alpha value is -1.58. The van der Waals surface area contributed by atoms with Crippen LogP contribution in [0.1, 0.15) is 46.4 Å². The summed E-state index contributed by atoms with van der Waals surface area (Å²) in [5.74, 6) is -0.437. The molecule has 1 aromatic rings. The Bertz CT molecular complexity index is 509. The number of rotatable bonds is 7. The predicted octanol–water partition coefficient (Wildman–Crippen LogP) is 2.58. The number of benzene rings is 1. The molecule has 0 radical (unpaired) electrons. The van der Waals surface area contributed by atoms with E-state index in [1.807, 2.05) is 0 Å². The molecule has 0 spiro atoms. The molecule has 1 N–H and O–H groups in total. The van der Waals surface area contributed by atoms with Crippen LogP contribution in [-0.4, -0.2) is 34.3 Å². The van der Waals surface area contributed by atoms with Crippen LogP contribution in [0, 0.1) is 0 Å². The molecule has 2 amide bonds. The summed E-state index contributed by atoms with van der Waals surface area (Å²) in [7, 11) is -2.04. The van der Waals surface area contributed by atoms with Gasteiger partial charge < -0.3 is 0 Å². The number of hydrogen-bond donors (Lipinski definition) is 1. The average Bonchev–Trinajstić information content (AvgIpc) is 2.67. The van der Waals surface area contributed by atoms with E-state index in [-0.39, 0.29) is 11.8 Å². The van der Waals surface area contributed by atoms with Crippen molar-refractivity contribution in [3.8, 4) is 0 Å². The lowest BCUT2D eigenvalue weighted by Crippen LogP contribution is -2.30. The molecule has 1 aliphatic rings. The molecule has 0 aromatic heterocycles. The lowest BCUT2D eigenvalue weighted by atomic mass is 10.1. The molecule has 0 bridgehead atoms. The molecular weight excluding hydrogens is 277 g/mol. The number of fused-ring (bicyclic) bond motifs is 1. The predicted molar refractivity (Wildman–Crippen MR) is 75.0 cm³/mol. The van der Waals surface area contributed by atoms with E-state index in [9.17, 15) is 14.2 Å². The van der Waals surface area contributed by atoms with Gasteiger partial charge in [-0.15, -0.1) is 0 Å². The highest BCUT2D eigenvalue weighted by Crippen LogP contribution is 2.23. The highest BCUT2D eigenvalue weighted by Gasteiger charge is 2.34. The van der Waals surface area contributed by atoms with Gasteiger partial charge in [0.1, 0.15) is 0 Å². The molecule has 0 aliphatic carbocycles. The fourth-order valence-electron chi connectivity index (χ4n) is 2.31. The Labute approximate surface area is 118 Å². The maximum Gasteiger partial charge on any atom is 0.505 e. The Morgan fingerprint density at radius 3 is 2.05 bits per heavy atom. The SMILES string of the molecule is O=C1c2ccccc2C(=O)N1CCCCCC[P+](=O)O. The first-order valence-corrected chi connectivity index (χ1v) is 8.10. The van der Waals surface area contributed by atoms with Crippen LogP contribution in [0.5, 0.6) is 0 Å². The van der Waals surface area contributed by atoms with Crippen molar-refractivity contribution in [3.05, 3.63) is 35.4 Å². The maximum absolute atomic E-state index is 12.0. The number of amides is 2. The zero-order valence-electron chi connectivity index (χ0n) is 11.1. The van der Waals surface area contributed by atoms with E-state index in [4.69, 9.17) is 4.89 Å². The minimum Gasteiger partial charge on any atom is -0.274 e. The summed E-state index contributed by atoms with van der Waals surface area (Å²) >= 11 is 0. The van der Waals surface area contributed by atoms with Crippen molar-refractivity contribution in [1.29, 1.82) is 0 Å². The van der Waals surface area contributed by atoms with Crippen molar-refractivity contribution in [2.45, 2.75) is 25.7 Å². The van der Waals surface area contributed by atoms with Gasteiger partial charge in [-0.05, 0) is 36.0 Å². The second-order valence-electron chi connectivity index (χ2n) is 4.80. The van der Waals surface area contributed by atoms with Gasteiger partial charge in [-0.3, -0.25) is 14.5 Å². The second-order valence-corrected chi connectivity index (χ2v) is 5.95. The molecular formula is C14H17NO4P+. The summed E-state index contributed by atoms with van der Waals surface area (Å²) in [6.45, 7) is 0.414. The van der Waals surface area contributed by atoms with Gasteiger partial charge >= 0.3 is 8.03 Å². The molecule has 2 rings (SSSR count). The molecule has 20 heavy (non-hydrogen) atoms. The van der Waals surface area contributed by atoms with Crippen LogP contribution in [0.2, 0.25) is 0 Å². The molecule has 0 saturated heterocycles. The number of nitrogens with zero attached hydrogens (tertiary/aromatic N) is 1. The third-order valence-corrected chi connectivity index (χ3v) is 4.06. The molecule has 6 heteroatoms. The standard InChI is InChI=1S/C14H16NO4P/c16-13-11-7-3-4-8-12(11)14(17)15(13)9-5-1-2-6-10-20(18)19/h3-4,7-8H,1-2,5-6,9-10H2/p+1. The van der Waals surface area contributed by atoms with Crippen LogP contribution in [0.15, 0.2) is 24.3 Å². The highest BCUT2D eigenvalue weighted by molar-refractivity contribution is 7.37. The van der Waals surface area contributed by atoms with Gasteiger partial charge in [-0.1, -0.05) is 18.6 Å². The summed E-state index contributed by atoms with van der Waals surface area (Å²) in [4.78, 5) is 34.1. The number of hydrogen-bond acceptors (Lipinski definition) is 3. The van der Waals surface area contributed by atoms with Crippen LogP contribution >= 0.6 is 8.03 Å². The van der Waals surface area contributed by atoms with Gasteiger partial charge in [-0.25, -0.2) is 0 Å². The number of carbonyl (C=O) groups excluding carboxylic acids is 2. The first-order valence-electron chi connectivity index (χ1n) is 6.70. The van der Waals surface area contributed by atoms with Gasteiger partial charge in [0.15, 0.2) is 6.16 Å². The van der Waals surface area contributed by atoms with E-state index in [0.29, 0.717) is 30.3 Å². The second kappa shape index (κ2) is 6.73. The van der Waals surface area contributed by atoms with E-state index >= 15 is 0 Å². The van der Waals surface area contributed by atoms with Crippen molar-refractivity contribution in [1.82, 2.24) is 4.90 Å². The van der Waals surface area contributed by atoms with Crippen molar-refractivity contribution < 1.29 is 19.0 Å². The minimum absolute atomic E-state index is 0.218. The molecule has 1 atom stereocenters. The smallest absolute Gasteiger partial charge is 0.274 e. The fourth-order valence-corrected chi connectivity index (χ4v) is 2.81. The first-order chi connectivity index (χ1) is 9.61. The van der Waals surface area contributed by atoms with Crippen LogP contribution in [0.4, 0.5) is 0 Å². The molecule has 1 heterocycles. The van der Waals surface area contributed by atoms with Crippen LogP contribution in [-0.2, 0) is 4.57 Å². The Morgan fingerprint density at radius 1 is 0.950 bits per heavy atom. The largest absolute Gasteiger partial charge is 0.505 e. The normalized spacial score (nSPS) is 14.7. The molecule has 1 aromatic carbocycles. The van der Waals surface area contributed by atoms with Gasteiger partial charge in [-0.2, -0.15) is 4.89 Å². The Kier molecular flexibility index (Phi) is 4.99. The van der Waals surface area contributed by atoms with Gasteiger partial charge in [0.2, 0.25) is 0 Å². The summed E-state index contributed by atoms with van der Waals surface area (Å²) in [6, 6.07) is 6.86. The molecule has 0 saturated carbocycles. The van der Waals surface area contributed by atoms with Crippen LogP contribution in [0.25, 0.3) is 0 Å². The van der Waals surface area contributed by atoms with E-state index in [2.05, 4.69) is 0 Å². The van der Waals surface area contributed by atoms with E-state index < -0.39 is 8.03 Å². The van der Waals surface area contributed by atoms with Gasteiger partial charge in [0.05, 0.1) is 11.1 Å². The monoisotopic (exact) mass is 294 g/mol. The third kappa shape index (κ3) is 3.30.